The fourth-order valence-corrected chi connectivity index (χ4v) is 2.29. The number of rotatable bonds is 2. The third kappa shape index (κ3) is 2.07. The average molecular weight is 190 g/mol. The molecule has 0 atom stereocenters. The first-order valence-electron chi connectivity index (χ1n) is 5.47. The molecule has 0 heterocycles. The van der Waals surface area contributed by atoms with Gasteiger partial charge in [-0.2, -0.15) is 0 Å². The van der Waals surface area contributed by atoms with Gasteiger partial charge in [-0.05, 0) is 36.5 Å². The molecule has 0 aliphatic heterocycles. The fourth-order valence-electron chi connectivity index (χ4n) is 2.29. The molecule has 1 aliphatic carbocycles. The second-order valence-corrected chi connectivity index (χ2v) is 4.10. The van der Waals surface area contributed by atoms with Gasteiger partial charge in [0.15, 0.2) is 0 Å². The van der Waals surface area contributed by atoms with E-state index in [2.05, 4.69) is 29.7 Å². The van der Waals surface area contributed by atoms with Gasteiger partial charge in [0, 0.05) is 5.69 Å². The second-order valence-electron chi connectivity index (χ2n) is 4.10. The first-order chi connectivity index (χ1) is 6.90. The van der Waals surface area contributed by atoms with Gasteiger partial charge in [0.25, 0.3) is 0 Å². The minimum Gasteiger partial charge on any atom is -0.324 e. The van der Waals surface area contributed by atoms with E-state index in [1.54, 1.807) is 0 Å². The molecule has 1 aromatic carbocycles. The summed E-state index contributed by atoms with van der Waals surface area (Å²) in [5, 5.41) is 0. The third-order valence-electron chi connectivity index (χ3n) is 3.15. The maximum absolute atomic E-state index is 5.33. The minimum atomic E-state index is 0.788. The van der Waals surface area contributed by atoms with Gasteiger partial charge < -0.3 is 5.43 Å². The Morgan fingerprint density at radius 2 is 1.64 bits per heavy atom. The SMILES string of the molecule is NNc1ccc(C2CCCCC2)cc1. The van der Waals surface area contributed by atoms with E-state index in [4.69, 9.17) is 5.84 Å². The zero-order chi connectivity index (χ0) is 9.80. The molecule has 1 aromatic rings. The summed E-state index contributed by atoms with van der Waals surface area (Å²) in [5.41, 5.74) is 5.12. The van der Waals surface area contributed by atoms with Crippen molar-refractivity contribution in [3.8, 4) is 0 Å². The molecule has 1 saturated carbocycles. The van der Waals surface area contributed by atoms with Crippen LogP contribution in [0.1, 0.15) is 43.6 Å². The molecular formula is C12H18N2. The summed E-state index contributed by atoms with van der Waals surface area (Å²) in [6, 6.07) is 8.52. The fraction of sp³-hybridized carbons (Fsp3) is 0.500. The van der Waals surface area contributed by atoms with E-state index in [9.17, 15) is 0 Å². The quantitative estimate of drug-likeness (QED) is 0.555. The van der Waals surface area contributed by atoms with Crippen LogP contribution in [0.3, 0.4) is 0 Å². The van der Waals surface area contributed by atoms with Crippen molar-refractivity contribution in [2.45, 2.75) is 38.0 Å². The summed E-state index contributed by atoms with van der Waals surface area (Å²) in [4.78, 5) is 0. The molecule has 14 heavy (non-hydrogen) atoms. The molecule has 0 spiro atoms. The van der Waals surface area contributed by atoms with E-state index in [0.717, 1.165) is 11.6 Å². The molecule has 0 bridgehead atoms. The lowest BCUT2D eigenvalue weighted by Gasteiger charge is -2.22. The highest BCUT2D eigenvalue weighted by Crippen LogP contribution is 2.32. The first kappa shape index (κ1) is 9.53. The van der Waals surface area contributed by atoms with Crippen LogP contribution in [0.15, 0.2) is 24.3 Å². The van der Waals surface area contributed by atoms with Gasteiger partial charge >= 0.3 is 0 Å². The standard InChI is InChI=1S/C12H18N2/c13-14-12-8-6-11(7-9-12)10-4-2-1-3-5-10/h6-10,14H,1-5,13H2. The third-order valence-corrected chi connectivity index (χ3v) is 3.15. The van der Waals surface area contributed by atoms with E-state index < -0.39 is 0 Å². The Morgan fingerprint density at radius 3 is 2.21 bits per heavy atom. The van der Waals surface area contributed by atoms with Crippen LogP contribution in [0, 0.1) is 0 Å². The second kappa shape index (κ2) is 4.47. The Balaban J connectivity index is 2.07. The van der Waals surface area contributed by atoms with E-state index in [0.29, 0.717) is 0 Å². The van der Waals surface area contributed by atoms with Gasteiger partial charge in [-0.3, -0.25) is 5.84 Å². The molecule has 0 aromatic heterocycles. The van der Waals surface area contributed by atoms with Crippen LogP contribution in [0.2, 0.25) is 0 Å². The van der Waals surface area contributed by atoms with Crippen LogP contribution < -0.4 is 11.3 Å². The number of hydrazine groups is 1. The van der Waals surface area contributed by atoms with Crippen LogP contribution in [-0.4, -0.2) is 0 Å². The molecule has 1 fully saturated rings. The molecule has 76 valence electrons. The van der Waals surface area contributed by atoms with Gasteiger partial charge in [-0.25, -0.2) is 0 Å². The molecule has 0 unspecified atom stereocenters. The molecule has 0 saturated heterocycles. The largest absolute Gasteiger partial charge is 0.324 e. The summed E-state index contributed by atoms with van der Waals surface area (Å²) < 4.78 is 0. The van der Waals surface area contributed by atoms with E-state index >= 15 is 0 Å². The zero-order valence-corrected chi connectivity index (χ0v) is 8.50. The predicted molar refractivity (Wildman–Crippen MR) is 60.1 cm³/mol. The number of nitrogen functional groups attached to an aromatic ring is 1. The monoisotopic (exact) mass is 190 g/mol. The average Bonchev–Trinajstić information content (AvgIpc) is 2.30. The smallest absolute Gasteiger partial charge is 0.0485 e. The van der Waals surface area contributed by atoms with Crippen molar-refractivity contribution in [3.63, 3.8) is 0 Å². The maximum atomic E-state index is 5.33. The zero-order valence-electron chi connectivity index (χ0n) is 8.50. The Bertz CT molecular complexity index is 273. The number of hydrogen-bond donors (Lipinski definition) is 2. The number of anilines is 1. The van der Waals surface area contributed by atoms with Crippen molar-refractivity contribution in [1.29, 1.82) is 0 Å². The molecule has 2 heteroatoms. The van der Waals surface area contributed by atoms with Crippen LogP contribution in [-0.2, 0) is 0 Å². The summed E-state index contributed by atoms with van der Waals surface area (Å²) in [7, 11) is 0. The van der Waals surface area contributed by atoms with Gasteiger partial charge in [0.2, 0.25) is 0 Å². The summed E-state index contributed by atoms with van der Waals surface area (Å²) in [5.74, 6) is 6.12. The predicted octanol–water partition coefficient (Wildman–Crippen LogP) is 3.02. The van der Waals surface area contributed by atoms with Crippen molar-refractivity contribution in [2.24, 2.45) is 5.84 Å². The van der Waals surface area contributed by atoms with E-state index in [1.165, 1.54) is 37.7 Å². The lowest BCUT2D eigenvalue weighted by atomic mass is 9.84. The van der Waals surface area contributed by atoms with Gasteiger partial charge in [-0.1, -0.05) is 31.4 Å². The highest BCUT2D eigenvalue weighted by atomic mass is 15.2. The topological polar surface area (TPSA) is 38.0 Å². The summed E-state index contributed by atoms with van der Waals surface area (Å²) in [6.07, 6.45) is 6.91. The number of nitrogens with two attached hydrogens (primary N) is 1. The molecular weight excluding hydrogens is 172 g/mol. The molecule has 0 amide bonds. The minimum absolute atomic E-state index is 0.788. The van der Waals surface area contributed by atoms with Gasteiger partial charge in [-0.15, -0.1) is 0 Å². The van der Waals surface area contributed by atoms with Gasteiger partial charge in [0.1, 0.15) is 0 Å². The maximum Gasteiger partial charge on any atom is 0.0485 e. The van der Waals surface area contributed by atoms with Crippen LogP contribution >= 0.6 is 0 Å². The normalized spacial score (nSPS) is 18.1. The highest BCUT2D eigenvalue weighted by Gasteiger charge is 2.14. The molecule has 2 nitrogen and oxygen atoms in total. The van der Waals surface area contributed by atoms with E-state index in [-0.39, 0.29) is 0 Å². The Hall–Kier alpha value is -1.02. The molecule has 2 rings (SSSR count). The van der Waals surface area contributed by atoms with Crippen LogP contribution in [0.25, 0.3) is 0 Å². The molecule has 1 aliphatic rings. The lowest BCUT2D eigenvalue weighted by molar-refractivity contribution is 0.443. The van der Waals surface area contributed by atoms with Crippen LogP contribution in [0.4, 0.5) is 5.69 Å². The van der Waals surface area contributed by atoms with E-state index in [1.807, 2.05) is 0 Å². The van der Waals surface area contributed by atoms with Crippen molar-refractivity contribution < 1.29 is 0 Å². The van der Waals surface area contributed by atoms with Gasteiger partial charge in [0.05, 0.1) is 0 Å². The number of hydrogen-bond acceptors (Lipinski definition) is 2. The van der Waals surface area contributed by atoms with Crippen molar-refractivity contribution in [1.82, 2.24) is 0 Å². The van der Waals surface area contributed by atoms with Crippen molar-refractivity contribution >= 4 is 5.69 Å². The van der Waals surface area contributed by atoms with Crippen molar-refractivity contribution in [3.05, 3.63) is 29.8 Å². The Morgan fingerprint density at radius 1 is 1.00 bits per heavy atom. The Labute approximate surface area is 85.5 Å². The Kier molecular flexibility index (Phi) is 3.04. The number of benzene rings is 1. The highest BCUT2D eigenvalue weighted by molar-refractivity contribution is 5.43. The lowest BCUT2D eigenvalue weighted by Crippen LogP contribution is -2.07. The number of nitrogens with one attached hydrogen (secondary N) is 1. The van der Waals surface area contributed by atoms with Crippen LogP contribution in [0.5, 0.6) is 0 Å². The summed E-state index contributed by atoms with van der Waals surface area (Å²) in [6.45, 7) is 0. The molecule has 3 N–H and O–H groups in total. The van der Waals surface area contributed by atoms with Crippen molar-refractivity contribution in [2.75, 3.05) is 5.43 Å². The first-order valence-corrected chi connectivity index (χ1v) is 5.47. The summed E-state index contributed by atoms with van der Waals surface area (Å²) >= 11 is 0. The molecule has 0 radical (unpaired) electrons.